The maximum absolute atomic E-state index is 12.5. The van der Waals surface area contributed by atoms with E-state index >= 15 is 0 Å². The van der Waals surface area contributed by atoms with Crippen molar-refractivity contribution in [1.29, 1.82) is 0 Å². The van der Waals surface area contributed by atoms with Crippen molar-refractivity contribution in [2.45, 2.75) is 76.9 Å². The molecule has 0 saturated carbocycles. The lowest BCUT2D eigenvalue weighted by molar-refractivity contribution is 0.378. The van der Waals surface area contributed by atoms with Crippen LogP contribution in [0.25, 0.3) is 0 Å². The van der Waals surface area contributed by atoms with Gasteiger partial charge in [0.15, 0.2) is 5.03 Å². The average molecular weight is 299 g/mol. The van der Waals surface area contributed by atoms with Gasteiger partial charge in [0, 0.05) is 18.5 Å². The van der Waals surface area contributed by atoms with Gasteiger partial charge in [-0.05, 0) is 39.5 Å². The highest BCUT2D eigenvalue weighted by molar-refractivity contribution is 7.89. The molecule has 1 atom stereocenters. The highest BCUT2D eigenvalue weighted by Crippen LogP contribution is 2.32. The van der Waals surface area contributed by atoms with Crippen LogP contribution < -0.4 is 4.72 Å². The first kappa shape index (κ1) is 15.5. The molecule has 0 fully saturated rings. The standard InChI is InChI=1S/C14H25N3O2S/c1-5-11-8-7-9-12-14(15-13(6-2)17(11)12)20(18,19)16-10(3)4/h10-11,16H,5-9H2,1-4H3. The number of nitrogens with zero attached hydrogens (tertiary/aromatic N) is 2. The fourth-order valence-electron chi connectivity index (χ4n) is 3.00. The van der Waals surface area contributed by atoms with E-state index in [0.717, 1.165) is 43.6 Å². The van der Waals surface area contributed by atoms with Gasteiger partial charge in [-0.15, -0.1) is 0 Å². The molecule has 0 aromatic carbocycles. The molecule has 1 aromatic heterocycles. The van der Waals surface area contributed by atoms with Crippen LogP contribution in [0.3, 0.4) is 0 Å². The number of aryl methyl sites for hydroxylation is 1. The van der Waals surface area contributed by atoms with Crippen LogP contribution in [0.5, 0.6) is 0 Å². The monoisotopic (exact) mass is 299 g/mol. The van der Waals surface area contributed by atoms with Crippen LogP contribution in [0.4, 0.5) is 0 Å². The van der Waals surface area contributed by atoms with Gasteiger partial charge in [-0.25, -0.2) is 18.1 Å². The quantitative estimate of drug-likeness (QED) is 0.908. The molecule has 2 heterocycles. The van der Waals surface area contributed by atoms with Crippen molar-refractivity contribution in [2.24, 2.45) is 0 Å². The van der Waals surface area contributed by atoms with Crippen molar-refractivity contribution in [1.82, 2.24) is 14.3 Å². The minimum absolute atomic E-state index is 0.118. The van der Waals surface area contributed by atoms with Crippen molar-refractivity contribution >= 4 is 10.0 Å². The second-order valence-electron chi connectivity index (χ2n) is 5.73. The van der Waals surface area contributed by atoms with Crippen LogP contribution in [0.2, 0.25) is 0 Å². The summed E-state index contributed by atoms with van der Waals surface area (Å²) in [4.78, 5) is 4.45. The molecule has 0 amide bonds. The van der Waals surface area contributed by atoms with Gasteiger partial charge >= 0.3 is 0 Å². The minimum Gasteiger partial charge on any atom is -0.328 e. The second kappa shape index (κ2) is 5.85. The molecule has 20 heavy (non-hydrogen) atoms. The number of aromatic nitrogens is 2. The van der Waals surface area contributed by atoms with E-state index < -0.39 is 10.0 Å². The van der Waals surface area contributed by atoms with Gasteiger partial charge in [-0.1, -0.05) is 13.8 Å². The largest absolute Gasteiger partial charge is 0.328 e. The van der Waals surface area contributed by atoms with E-state index in [4.69, 9.17) is 0 Å². The lowest BCUT2D eigenvalue weighted by Gasteiger charge is -2.26. The van der Waals surface area contributed by atoms with E-state index in [1.54, 1.807) is 0 Å². The van der Waals surface area contributed by atoms with Gasteiger partial charge in [-0.2, -0.15) is 0 Å². The average Bonchev–Trinajstić information content (AvgIpc) is 2.76. The zero-order valence-electron chi connectivity index (χ0n) is 12.8. The fraction of sp³-hybridized carbons (Fsp3) is 0.786. The van der Waals surface area contributed by atoms with Crippen LogP contribution in [-0.2, 0) is 22.9 Å². The molecule has 0 radical (unpaired) electrons. The molecule has 1 aliphatic heterocycles. The number of hydrogen-bond acceptors (Lipinski definition) is 3. The minimum atomic E-state index is -3.50. The molecule has 0 spiro atoms. The Morgan fingerprint density at radius 3 is 2.65 bits per heavy atom. The van der Waals surface area contributed by atoms with E-state index in [-0.39, 0.29) is 11.1 Å². The Balaban J connectivity index is 2.54. The molecule has 2 rings (SSSR count). The number of rotatable bonds is 5. The lowest BCUT2D eigenvalue weighted by atomic mass is 10.0. The van der Waals surface area contributed by atoms with Gasteiger partial charge in [0.05, 0.1) is 5.69 Å². The van der Waals surface area contributed by atoms with E-state index in [1.807, 2.05) is 20.8 Å². The Morgan fingerprint density at radius 1 is 1.40 bits per heavy atom. The molecule has 0 bridgehead atoms. The Hall–Kier alpha value is -0.880. The molecule has 0 aliphatic carbocycles. The summed E-state index contributed by atoms with van der Waals surface area (Å²) in [5.74, 6) is 0.899. The predicted molar refractivity (Wildman–Crippen MR) is 79.3 cm³/mol. The van der Waals surface area contributed by atoms with E-state index in [9.17, 15) is 8.42 Å². The highest BCUT2D eigenvalue weighted by atomic mass is 32.2. The number of fused-ring (bicyclic) bond motifs is 1. The topological polar surface area (TPSA) is 64.0 Å². The zero-order valence-corrected chi connectivity index (χ0v) is 13.6. The van der Waals surface area contributed by atoms with Gasteiger partial charge in [0.2, 0.25) is 0 Å². The second-order valence-corrected chi connectivity index (χ2v) is 7.36. The first-order valence-electron chi connectivity index (χ1n) is 7.53. The van der Waals surface area contributed by atoms with Gasteiger partial charge < -0.3 is 4.57 Å². The number of sulfonamides is 1. The van der Waals surface area contributed by atoms with Crippen LogP contribution in [0.1, 0.15) is 64.5 Å². The van der Waals surface area contributed by atoms with Crippen molar-refractivity contribution in [2.75, 3.05) is 0 Å². The Kier molecular flexibility index (Phi) is 4.54. The third-order valence-electron chi connectivity index (χ3n) is 3.80. The summed E-state index contributed by atoms with van der Waals surface area (Å²) < 4.78 is 29.7. The van der Waals surface area contributed by atoms with Crippen LogP contribution >= 0.6 is 0 Å². The molecular formula is C14H25N3O2S. The molecule has 1 aromatic rings. The van der Waals surface area contributed by atoms with Crippen molar-refractivity contribution in [3.05, 3.63) is 11.5 Å². The molecule has 0 saturated heterocycles. The summed E-state index contributed by atoms with van der Waals surface area (Å²) in [5.41, 5.74) is 0.896. The van der Waals surface area contributed by atoms with E-state index in [2.05, 4.69) is 21.2 Å². The Labute approximate surface area is 121 Å². The van der Waals surface area contributed by atoms with Gasteiger partial charge in [-0.3, -0.25) is 0 Å². The first-order valence-corrected chi connectivity index (χ1v) is 9.01. The predicted octanol–water partition coefficient (Wildman–Crippen LogP) is 2.42. The summed E-state index contributed by atoms with van der Waals surface area (Å²) in [7, 11) is -3.50. The molecule has 5 nitrogen and oxygen atoms in total. The zero-order chi connectivity index (χ0) is 14.9. The highest BCUT2D eigenvalue weighted by Gasteiger charge is 2.31. The van der Waals surface area contributed by atoms with Crippen molar-refractivity contribution in [3.8, 4) is 0 Å². The lowest BCUT2D eigenvalue weighted by Crippen LogP contribution is -2.31. The Morgan fingerprint density at radius 2 is 2.10 bits per heavy atom. The number of hydrogen-bond donors (Lipinski definition) is 1. The summed E-state index contributed by atoms with van der Waals surface area (Å²) >= 11 is 0. The number of imidazole rings is 1. The van der Waals surface area contributed by atoms with Gasteiger partial charge in [0.25, 0.3) is 10.0 Å². The van der Waals surface area contributed by atoms with Crippen molar-refractivity contribution < 1.29 is 8.42 Å². The van der Waals surface area contributed by atoms with Crippen LogP contribution in [0.15, 0.2) is 5.03 Å². The summed E-state index contributed by atoms with van der Waals surface area (Å²) in [6.45, 7) is 7.84. The third kappa shape index (κ3) is 2.76. The molecule has 1 N–H and O–H groups in total. The first-order chi connectivity index (χ1) is 9.40. The third-order valence-corrected chi connectivity index (χ3v) is 5.41. The normalized spacial score (nSPS) is 19.4. The summed E-state index contributed by atoms with van der Waals surface area (Å²) in [6.07, 6.45) is 4.74. The molecule has 1 aliphatic rings. The summed E-state index contributed by atoms with van der Waals surface area (Å²) in [6, 6.07) is 0.275. The SMILES string of the molecule is CCc1nc(S(=O)(=O)NC(C)C)c2n1C(CC)CCC2. The van der Waals surface area contributed by atoms with E-state index in [1.165, 1.54) is 0 Å². The van der Waals surface area contributed by atoms with Crippen LogP contribution in [0, 0.1) is 0 Å². The maximum atomic E-state index is 12.5. The molecule has 1 unspecified atom stereocenters. The van der Waals surface area contributed by atoms with Gasteiger partial charge in [0.1, 0.15) is 5.82 Å². The smallest absolute Gasteiger partial charge is 0.260 e. The maximum Gasteiger partial charge on any atom is 0.260 e. The molecule has 6 heteroatoms. The summed E-state index contributed by atoms with van der Waals surface area (Å²) in [5, 5.41) is 0.251. The van der Waals surface area contributed by atoms with E-state index in [0.29, 0.717) is 6.04 Å². The number of nitrogens with one attached hydrogen (secondary N) is 1. The van der Waals surface area contributed by atoms with Crippen molar-refractivity contribution in [3.63, 3.8) is 0 Å². The molecular weight excluding hydrogens is 274 g/mol. The molecule has 114 valence electrons. The fourth-order valence-corrected chi connectivity index (χ4v) is 4.47. The Bertz CT molecular complexity index is 575. The van der Waals surface area contributed by atoms with Crippen LogP contribution in [-0.4, -0.2) is 24.0 Å².